The minimum absolute atomic E-state index is 0. The molecule has 1 aliphatic heterocycles. The van der Waals surface area contributed by atoms with Crippen molar-refractivity contribution in [1.29, 1.82) is 0 Å². The van der Waals surface area contributed by atoms with E-state index in [1.807, 2.05) is 24.4 Å². The fourth-order valence-corrected chi connectivity index (χ4v) is 13.3. The van der Waals surface area contributed by atoms with Crippen molar-refractivity contribution < 1.29 is 30.4 Å². The molecule has 0 fully saturated rings. The van der Waals surface area contributed by atoms with Crippen molar-refractivity contribution >= 4 is 54.6 Å². The molecule has 0 saturated heterocycles. The van der Waals surface area contributed by atoms with E-state index in [9.17, 15) is 0 Å². The van der Waals surface area contributed by atoms with Gasteiger partial charge in [0.25, 0.3) is 0 Å². The number of benzene rings is 8. The van der Waals surface area contributed by atoms with E-state index < -0.39 is 5.41 Å². The first-order valence-corrected chi connectivity index (χ1v) is 27.6. The predicted molar refractivity (Wildman–Crippen MR) is 320 cm³/mol. The Kier molecular flexibility index (Phi) is 11.1. The Morgan fingerprint density at radius 3 is 1.67 bits per heavy atom. The van der Waals surface area contributed by atoms with Crippen molar-refractivity contribution in [2.45, 2.75) is 110 Å². The predicted octanol–water partition coefficient (Wildman–Crippen LogP) is 17.1. The van der Waals surface area contributed by atoms with Gasteiger partial charge >= 0.3 is 0 Å². The third-order valence-corrected chi connectivity index (χ3v) is 17.0. The van der Waals surface area contributed by atoms with Crippen molar-refractivity contribution in [3.8, 4) is 39.8 Å². The molecule has 0 bridgehead atoms. The smallest absolute Gasteiger partial charge is 0.242 e. The number of imidazole rings is 1. The average Bonchev–Trinajstić information content (AvgIpc) is 3.02. The standard InChI is InChI=1S/C72H65N5O.Pt/c1-68(2,3)43-35-52-53-36-44(69(4,5)6)38-57(71(10,11)12)66(53)72(65(52)56(37-43)70(7,8)9)54-33-30-47(41-63(54)75-42-74(13)60-26-20-23-55(72)67(60)75)78-46-29-32-51-50-31-28-45(39-61(50)77(62(51)40-46)64-27-18-19-34-73-64)76-58-24-16-14-21-48(58)49-22-15-17-25-59(49)76;/h14-39H,1-13H3;/q-2;. The topological polar surface area (TPSA) is 40.8 Å². The minimum atomic E-state index is -0.714. The van der Waals surface area contributed by atoms with Crippen LogP contribution in [-0.4, -0.2) is 18.7 Å². The Labute approximate surface area is 478 Å². The molecule has 2 aliphatic rings. The molecule has 14 rings (SSSR count). The number of rotatable bonds is 4. The van der Waals surface area contributed by atoms with E-state index in [1.165, 1.54) is 77.4 Å². The molecule has 12 aromatic rings. The number of hydrogen-bond acceptors (Lipinski definition) is 2. The van der Waals surface area contributed by atoms with Gasteiger partial charge in [-0.1, -0.05) is 185 Å². The Bertz CT molecular complexity index is 4390. The quantitative estimate of drug-likeness (QED) is 0.130. The molecule has 4 aromatic heterocycles. The Hall–Kier alpha value is -7.53. The molecule has 0 atom stereocenters. The van der Waals surface area contributed by atoms with E-state index in [0.29, 0.717) is 11.5 Å². The molecule has 1 aliphatic carbocycles. The molecular formula is C72H65N5OPt-2. The first kappa shape index (κ1) is 50.9. The Morgan fingerprint density at radius 1 is 0.506 bits per heavy atom. The van der Waals surface area contributed by atoms with Crippen LogP contribution in [0.4, 0.5) is 0 Å². The molecule has 79 heavy (non-hydrogen) atoms. The number of pyridine rings is 1. The third-order valence-electron chi connectivity index (χ3n) is 17.0. The zero-order valence-corrected chi connectivity index (χ0v) is 49.7. The summed E-state index contributed by atoms with van der Waals surface area (Å²) in [6.07, 6.45) is 5.63. The summed E-state index contributed by atoms with van der Waals surface area (Å²) in [7, 11) is 2.11. The van der Waals surface area contributed by atoms with Crippen LogP contribution in [-0.2, 0) is 55.2 Å². The van der Waals surface area contributed by atoms with Crippen molar-refractivity contribution in [2.24, 2.45) is 7.05 Å². The Morgan fingerprint density at radius 2 is 1.08 bits per heavy atom. The summed E-state index contributed by atoms with van der Waals surface area (Å²) >= 11 is 0. The van der Waals surface area contributed by atoms with Crippen molar-refractivity contribution in [1.82, 2.24) is 18.7 Å². The molecule has 0 saturated carbocycles. The van der Waals surface area contributed by atoms with Crippen molar-refractivity contribution in [3.05, 3.63) is 221 Å². The number of fused-ring (bicyclic) bond motifs is 15. The largest absolute Gasteiger partial charge is 0.510 e. The van der Waals surface area contributed by atoms with Gasteiger partial charge in [0, 0.05) is 66.2 Å². The summed E-state index contributed by atoms with van der Waals surface area (Å²) in [6, 6.07) is 63.6. The number of aryl methyl sites for hydroxylation is 1. The van der Waals surface area contributed by atoms with Gasteiger partial charge in [-0.3, -0.25) is 0 Å². The second-order valence-electron chi connectivity index (χ2n) is 26.2. The van der Waals surface area contributed by atoms with Gasteiger partial charge in [0.1, 0.15) is 5.82 Å². The van der Waals surface area contributed by atoms with E-state index in [-0.39, 0.29) is 42.7 Å². The van der Waals surface area contributed by atoms with Crippen LogP contribution in [0.15, 0.2) is 158 Å². The van der Waals surface area contributed by atoms with Crippen LogP contribution in [0.25, 0.3) is 83.0 Å². The number of hydrogen-bond donors (Lipinski definition) is 0. The van der Waals surface area contributed by atoms with Gasteiger partial charge in [-0.05, 0) is 114 Å². The molecule has 0 unspecified atom stereocenters. The number of nitrogens with zero attached hydrogens (tertiary/aromatic N) is 5. The molecule has 6 nitrogen and oxygen atoms in total. The summed E-state index contributed by atoms with van der Waals surface area (Å²) < 4.78 is 16.1. The fraction of sp³-hybridized carbons (Fsp3) is 0.250. The molecule has 0 radical (unpaired) electrons. The number of para-hydroxylation sites is 3. The van der Waals surface area contributed by atoms with Crippen LogP contribution >= 0.6 is 0 Å². The van der Waals surface area contributed by atoms with E-state index in [0.717, 1.165) is 50.0 Å². The Balaban J connectivity index is 0.00000591. The van der Waals surface area contributed by atoms with Crippen LogP contribution in [0.3, 0.4) is 0 Å². The van der Waals surface area contributed by atoms with Crippen LogP contribution < -0.4 is 9.30 Å². The van der Waals surface area contributed by atoms with E-state index in [4.69, 9.17) is 9.72 Å². The molecule has 0 amide bonds. The summed E-state index contributed by atoms with van der Waals surface area (Å²) in [4.78, 5) is 4.94. The summed E-state index contributed by atoms with van der Waals surface area (Å²) in [6.45, 7) is 28.5. The van der Waals surface area contributed by atoms with Crippen molar-refractivity contribution in [3.63, 3.8) is 0 Å². The van der Waals surface area contributed by atoms with Crippen molar-refractivity contribution in [2.75, 3.05) is 0 Å². The maximum absolute atomic E-state index is 7.08. The molecular weight excluding hydrogens is 1150 g/mol. The van der Waals surface area contributed by atoms with Gasteiger partial charge < -0.3 is 23.0 Å². The van der Waals surface area contributed by atoms with Gasteiger partial charge in [-0.2, -0.15) is 12.1 Å². The third kappa shape index (κ3) is 7.39. The minimum Gasteiger partial charge on any atom is -0.510 e. The maximum atomic E-state index is 7.08. The average molecular weight is 1210 g/mol. The monoisotopic (exact) mass is 1210 g/mol. The van der Waals surface area contributed by atoms with E-state index in [1.54, 1.807) is 0 Å². The van der Waals surface area contributed by atoms with Crippen LogP contribution in [0.2, 0.25) is 0 Å². The molecule has 1 spiro atoms. The second kappa shape index (κ2) is 17.2. The maximum Gasteiger partial charge on any atom is 0.242 e. The van der Waals surface area contributed by atoms with Gasteiger partial charge in [0.2, 0.25) is 6.33 Å². The SMILES string of the molecule is C[n+]1[c-]n2c3c(cccc31)C1(c3ccc(Oc4[c-]c5c(cc4)c4ccc(-n6c7ccccc7c7ccccc76)cc4n5-c4ccccn4)[c-]c3-2)c2c(cc(C(C)(C)C)cc2C(C)(C)C)-c2cc(C(C)(C)C)cc(C(C)(C)C)c21.[Pt]. The van der Waals surface area contributed by atoms with Gasteiger partial charge in [0.05, 0.1) is 29.1 Å². The van der Waals surface area contributed by atoms with Gasteiger partial charge in [-0.15, -0.1) is 35.2 Å². The van der Waals surface area contributed by atoms with Gasteiger partial charge in [-0.25, -0.2) is 4.98 Å². The first-order chi connectivity index (χ1) is 37.1. The first-order valence-electron chi connectivity index (χ1n) is 27.6. The molecule has 7 heteroatoms. The summed E-state index contributed by atoms with van der Waals surface area (Å²) in [5, 5.41) is 4.63. The molecule has 0 N–H and O–H groups in total. The molecule has 8 aromatic carbocycles. The van der Waals surface area contributed by atoms with Crippen LogP contribution in [0.5, 0.6) is 11.5 Å². The number of aromatic nitrogens is 5. The van der Waals surface area contributed by atoms with E-state index in [2.05, 4.69) is 260 Å². The summed E-state index contributed by atoms with van der Waals surface area (Å²) in [5.74, 6) is 1.99. The zero-order chi connectivity index (χ0) is 54.2. The van der Waals surface area contributed by atoms with E-state index >= 15 is 0 Å². The number of ether oxygens (including phenoxy) is 1. The van der Waals surface area contributed by atoms with Gasteiger partial charge in [0.15, 0.2) is 0 Å². The fourth-order valence-electron chi connectivity index (χ4n) is 13.3. The zero-order valence-electron chi connectivity index (χ0n) is 47.5. The van der Waals surface area contributed by atoms with Crippen LogP contribution in [0.1, 0.15) is 128 Å². The molecule has 5 heterocycles. The summed E-state index contributed by atoms with van der Waals surface area (Å²) in [5.41, 5.74) is 20.4. The normalized spacial score (nSPS) is 13.9. The van der Waals surface area contributed by atoms with Crippen LogP contribution in [0, 0.1) is 18.5 Å². The molecule has 396 valence electrons. The second-order valence-corrected chi connectivity index (χ2v) is 26.2.